The van der Waals surface area contributed by atoms with Gasteiger partial charge in [-0.3, -0.25) is 4.79 Å². The molecule has 0 bridgehead atoms. The molecule has 2 fully saturated rings. The van der Waals surface area contributed by atoms with E-state index in [0.29, 0.717) is 29.0 Å². The number of hydrogen-bond acceptors (Lipinski definition) is 1. The monoisotopic (exact) mass is 220 g/mol. The second kappa shape index (κ2) is 4.01. The van der Waals surface area contributed by atoms with Crippen LogP contribution in [0.4, 0.5) is 0 Å². The molecule has 0 amide bonds. The highest BCUT2D eigenvalue weighted by atomic mass is 16.1. The number of fused-ring (bicyclic) bond motifs is 1. The molecule has 0 radical (unpaired) electrons. The van der Waals surface area contributed by atoms with Gasteiger partial charge in [-0.1, -0.05) is 26.0 Å². The van der Waals surface area contributed by atoms with E-state index in [1.165, 1.54) is 24.8 Å². The van der Waals surface area contributed by atoms with Crippen LogP contribution in [0.15, 0.2) is 12.2 Å². The minimum Gasteiger partial charge on any atom is -0.300 e. The fourth-order valence-electron chi connectivity index (χ4n) is 3.82. The summed E-state index contributed by atoms with van der Waals surface area (Å²) in [4.78, 5) is 11.7. The molecule has 1 heteroatoms. The molecule has 0 heterocycles. The minimum atomic E-state index is 0.385. The van der Waals surface area contributed by atoms with Crippen molar-refractivity contribution in [1.82, 2.24) is 0 Å². The van der Waals surface area contributed by atoms with Crippen molar-refractivity contribution in [2.75, 3.05) is 0 Å². The molecule has 0 aromatic carbocycles. The van der Waals surface area contributed by atoms with E-state index in [1.54, 1.807) is 0 Å². The highest BCUT2D eigenvalue weighted by Gasteiger charge is 2.47. The molecule has 16 heavy (non-hydrogen) atoms. The topological polar surface area (TPSA) is 17.1 Å². The van der Waals surface area contributed by atoms with E-state index in [2.05, 4.69) is 27.4 Å². The molecule has 0 N–H and O–H groups in total. The fraction of sp³-hybridized carbons (Fsp3) is 0.800. The van der Waals surface area contributed by atoms with Crippen LogP contribution >= 0.6 is 0 Å². The van der Waals surface area contributed by atoms with Gasteiger partial charge in [-0.2, -0.15) is 0 Å². The maximum Gasteiger partial charge on any atom is 0.133 e. The molecule has 2 rings (SSSR count). The van der Waals surface area contributed by atoms with Crippen molar-refractivity contribution < 1.29 is 4.79 Å². The lowest BCUT2D eigenvalue weighted by Gasteiger charge is -2.51. The van der Waals surface area contributed by atoms with Gasteiger partial charge in [0.1, 0.15) is 5.78 Å². The van der Waals surface area contributed by atoms with Crippen LogP contribution in [0.25, 0.3) is 0 Å². The molecule has 0 aliphatic heterocycles. The van der Waals surface area contributed by atoms with Crippen molar-refractivity contribution in [3.05, 3.63) is 12.2 Å². The van der Waals surface area contributed by atoms with Crippen LogP contribution in [0.2, 0.25) is 0 Å². The number of rotatable bonds is 1. The molecule has 2 saturated carbocycles. The Morgan fingerprint density at radius 3 is 2.69 bits per heavy atom. The molecule has 0 aromatic heterocycles. The van der Waals surface area contributed by atoms with E-state index < -0.39 is 0 Å². The van der Waals surface area contributed by atoms with Crippen LogP contribution in [0.5, 0.6) is 0 Å². The largest absolute Gasteiger partial charge is 0.300 e. The van der Waals surface area contributed by atoms with Gasteiger partial charge in [0, 0.05) is 12.8 Å². The minimum absolute atomic E-state index is 0.385. The molecular formula is C15H24O. The van der Waals surface area contributed by atoms with E-state index in [0.717, 1.165) is 12.8 Å². The third-order valence-corrected chi connectivity index (χ3v) is 5.31. The Kier molecular flexibility index (Phi) is 2.98. The molecule has 90 valence electrons. The van der Waals surface area contributed by atoms with Gasteiger partial charge in [0.2, 0.25) is 0 Å². The maximum atomic E-state index is 11.7. The second-order valence-corrected chi connectivity index (χ2v) is 6.38. The van der Waals surface area contributed by atoms with Gasteiger partial charge in [0.15, 0.2) is 0 Å². The number of carbonyl (C=O) groups excluding carboxylic acids is 1. The molecule has 0 saturated heterocycles. The summed E-state index contributed by atoms with van der Waals surface area (Å²) in [7, 11) is 0. The van der Waals surface area contributed by atoms with Gasteiger partial charge in [-0.05, 0) is 49.4 Å². The van der Waals surface area contributed by atoms with E-state index >= 15 is 0 Å². The van der Waals surface area contributed by atoms with Gasteiger partial charge in [0.05, 0.1) is 0 Å². The van der Waals surface area contributed by atoms with Crippen molar-refractivity contribution >= 4 is 5.78 Å². The fourth-order valence-corrected chi connectivity index (χ4v) is 3.82. The molecule has 0 spiro atoms. The summed E-state index contributed by atoms with van der Waals surface area (Å²) in [6.07, 6.45) is 5.36. The van der Waals surface area contributed by atoms with Gasteiger partial charge in [-0.25, -0.2) is 0 Å². The SMILES string of the molecule is C=C(C)[C@H]1CCC2CC(=O)C[C@H](C)[C@@]2(C)C1. The summed E-state index contributed by atoms with van der Waals surface area (Å²) in [5.74, 6) is 2.38. The molecule has 0 aromatic rings. The third-order valence-electron chi connectivity index (χ3n) is 5.31. The lowest BCUT2D eigenvalue weighted by Crippen LogP contribution is -2.45. The van der Waals surface area contributed by atoms with E-state index in [9.17, 15) is 4.79 Å². The first-order chi connectivity index (χ1) is 7.43. The van der Waals surface area contributed by atoms with Crippen molar-refractivity contribution in [3.63, 3.8) is 0 Å². The average Bonchev–Trinajstić information content (AvgIpc) is 2.19. The predicted molar refractivity (Wildman–Crippen MR) is 67.2 cm³/mol. The van der Waals surface area contributed by atoms with Crippen molar-refractivity contribution in [2.45, 2.75) is 52.9 Å². The van der Waals surface area contributed by atoms with Crippen molar-refractivity contribution in [1.29, 1.82) is 0 Å². The van der Waals surface area contributed by atoms with Crippen LogP contribution in [-0.2, 0) is 4.79 Å². The lowest BCUT2D eigenvalue weighted by molar-refractivity contribution is -0.130. The van der Waals surface area contributed by atoms with Gasteiger partial charge in [-0.15, -0.1) is 0 Å². The zero-order valence-corrected chi connectivity index (χ0v) is 10.9. The average molecular weight is 220 g/mol. The molecular weight excluding hydrogens is 196 g/mol. The Labute approximate surface area is 99.3 Å². The normalized spacial score (nSPS) is 43.9. The molecule has 1 unspecified atom stereocenters. The number of carbonyl (C=O) groups is 1. The smallest absolute Gasteiger partial charge is 0.133 e. The van der Waals surface area contributed by atoms with Crippen molar-refractivity contribution in [2.24, 2.45) is 23.2 Å². The number of ketones is 1. The Bertz CT molecular complexity index is 317. The Morgan fingerprint density at radius 1 is 1.38 bits per heavy atom. The molecule has 2 aliphatic rings. The second-order valence-electron chi connectivity index (χ2n) is 6.38. The van der Waals surface area contributed by atoms with Gasteiger partial charge >= 0.3 is 0 Å². The first-order valence-electron chi connectivity index (χ1n) is 6.60. The quantitative estimate of drug-likeness (QED) is 0.611. The zero-order valence-electron chi connectivity index (χ0n) is 10.9. The summed E-state index contributed by atoms with van der Waals surface area (Å²) in [5.41, 5.74) is 1.72. The summed E-state index contributed by atoms with van der Waals surface area (Å²) in [6, 6.07) is 0. The molecule has 4 atom stereocenters. The van der Waals surface area contributed by atoms with Crippen LogP contribution in [-0.4, -0.2) is 5.78 Å². The summed E-state index contributed by atoms with van der Waals surface area (Å²) < 4.78 is 0. The highest BCUT2D eigenvalue weighted by Crippen LogP contribution is 2.54. The Morgan fingerprint density at radius 2 is 2.06 bits per heavy atom. The summed E-state index contributed by atoms with van der Waals surface area (Å²) >= 11 is 0. The highest BCUT2D eigenvalue weighted by molar-refractivity contribution is 5.80. The predicted octanol–water partition coefficient (Wildman–Crippen LogP) is 3.98. The number of hydrogen-bond donors (Lipinski definition) is 0. The third kappa shape index (κ3) is 1.85. The zero-order chi connectivity index (χ0) is 11.9. The number of allylic oxidation sites excluding steroid dienone is 1. The van der Waals surface area contributed by atoms with Gasteiger partial charge < -0.3 is 0 Å². The lowest BCUT2D eigenvalue weighted by atomic mass is 9.53. The van der Waals surface area contributed by atoms with Crippen LogP contribution < -0.4 is 0 Å². The van der Waals surface area contributed by atoms with E-state index in [4.69, 9.17) is 0 Å². The van der Waals surface area contributed by atoms with Crippen molar-refractivity contribution in [3.8, 4) is 0 Å². The van der Waals surface area contributed by atoms with Crippen LogP contribution in [0.1, 0.15) is 52.9 Å². The van der Waals surface area contributed by atoms with E-state index in [-0.39, 0.29) is 0 Å². The van der Waals surface area contributed by atoms with E-state index in [1.807, 2.05) is 0 Å². The summed E-state index contributed by atoms with van der Waals surface area (Å²) in [6.45, 7) is 11.0. The van der Waals surface area contributed by atoms with Crippen LogP contribution in [0, 0.1) is 23.2 Å². The molecule has 1 nitrogen and oxygen atoms in total. The summed E-state index contributed by atoms with van der Waals surface area (Å²) in [5, 5.41) is 0. The maximum absolute atomic E-state index is 11.7. The van der Waals surface area contributed by atoms with Crippen LogP contribution in [0.3, 0.4) is 0 Å². The first-order valence-corrected chi connectivity index (χ1v) is 6.60. The number of Topliss-reactive ketones (excluding diaryl/α,β-unsaturated/α-hetero) is 1. The Hall–Kier alpha value is -0.590. The first kappa shape index (κ1) is 11.9. The Balaban J connectivity index is 2.19. The van der Waals surface area contributed by atoms with Gasteiger partial charge in [0.25, 0.3) is 0 Å². The molecule has 2 aliphatic carbocycles. The standard InChI is InChI=1S/C15H24O/c1-10(2)12-5-6-13-8-14(16)7-11(3)15(13,4)9-12/h11-13H,1,5-9H2,2-4H3/t11-,12-,13?,15+/m0/s1.